The maximum absolute atomic E-state index is 11.8. The molecule has 1 atom stereocenters. The lowest BCUT2D eigenvalue weighted by Gasteiger charge is -2.17. The minimum absolute atomic E-state index is 0.116. The van der Waals surface area contributed by atoms with E-state index in [2.05, 4.69) is 4.98 Å². The second-order valence-electron chi connectivity index (χ2n) is 5.64. The van der Waals surface area contributed by atoms with E-state index < -0.39 is 5.91 Å². The molecule has 3 N–H and O–H groups in total. The molecule has 0 aliphatic rings. The molecule has 0 saturated carbocycles. The van der Waals surface area contributed by atoms with Crippen LogP contribution in [0, 0.1) is 0 Å². The van der Waals surface area contributed by atoms with Crippen molar-refractivity contribution in [2.75, 3.05) is 7.11 Å². The third-order valence-electron chi connectivity index (χ3n) is 4.11. The first kappa shape index (κ1) is 15.8. The summed E-state index contributed by atoms with van der Waals surface area (Å²) in [5.41, 5.74) is 8.53. The number of fused-ring (bicyclic) bond motifs is 1. The fraction of sp³-hybridized carbons (Fsp3) is 0.158. The summed E-state index contributed by atoms with van der Waals surface area (Å²) >= 11 is 0. The van der Waals surface area contributed by atoms with Crippen LogP contribution in [0.3, 0.4) is 0 Å². The third-order valence-corrected chi connectivity index (χ3v) is 4.11. The molecule has 3 aromatic rings. The van der Waals surface area contributed by atoms with Crippen LogP contribution in [-0.4, -0.2) is 24.0 Å². The molecule has 0 aliphatic carbocycles. The molecule has 1 unspecified atom stereocenters. The number of aromatic nitrogens is 1. The van der Waals surface area contributed by atoms with Gasteiger partial charge in [0, 0.05) is 16.8 Å². The van der Waals surface area contributed by atoms with E-state index in [-0.39, 0.29) is 18.3 Å². The van der Waals surface area contributed by atoms with Crippen LogP contribution in [0.2, 0.25) is 0 Å². The molecule has 5 heteroatoms. The van der Waals surface area contributed by atoms with E-state index >= 15 is 0 Å². The van der Waals surface area contributed by atoms with Crippen molar-refractivity contribution in [1.29, 1.82) is 0 Å². The number of primary amides is 1. The van der Waals surface area contributed by atoms with Crippen molar-refractivity contribution in [2.45, 2.75) is 12.3 Å². The number of carbonyl (C=O) groups excluding carboxylic acids is 2. The van der Waals surface area contributed by atoms with Gasteiger partial charge in [-0.2, -0.15) is 0 Å². The number of hydrogen-bond donors (Lipinski definition) is 2. The number of carbonyl (C=O) groups is 2. The zero-order valence-corrected chi connectivity index (χ0v) is 13.3. The number of hydrogen-bond acceptors (Lipinski definition) is 3. The van der Waals surface area contributed by atoms with Gasteiger partial charge in [0.1, 0.15) is 5.69 Å². The zero-order valence-electron chi connectivity index (χ0n) is 13.3. The molecule has 0 aliphatic heterocycles. The van der Waals surface area contributed by atoms with Crippen molar-refractivity contribution in [1.82, 2.24) is 4.98 Å². The monoisotopic (exact) mass is 322 g/mol. The average Bonchev–Trinajstić information content (AvgIpc) is 3.03. The van der Waals surface area contributed by atoms with Crippen LogP contribution in [0.25, 0.3) is 10.9 Å². The summed E-state index contributed by atoms with van der Waals surface area (Å²) in [5.74, 6) is -0.882. The first-order chi connectivity index (χ1) is 11.6. The van der Waals surface area contributed by atoms with Crippen LogP contribution < -0.4 is 5.73 Å². The summed E-state index contributed by atoms with van der Waals surface area (Å²) in [6.07, 6.45) is 0.249. The van der Waals surface area contributed by atoms with Gasteiger partial charge < -0.3 is 15.5 Å². The quantitative estimate of drug-likeness (QED) is 0.708. The summed E-state index contributed by atoms with van der Waals surface area (Å²) < 4.78 is 4.84. The van der Waals surface area contributed by atoms with Gasteiger partial charge in [-0.05, 0) is 29.3 Å². The SMILES string of the molecule is COC(=O)CC(c1ccccc1)c1ccc2[nH]c(C(N)=O)cc2c1. The van der Waals surface area contributed by atoms with Gasteiger partial charge in [-0.25, -0.2) is 0 Å². The van der Waals surface area contributed by atoms with Crippen molar-refractivity contribution >= 4 is 22.8 Å². The van der Waals surface area contributed by atoms with Gasteiger partial charge in [0.25, 0.3) is 5.91 Å². The number of amides is 1. The van der Waals surface area contributed by atoms with Gasteiger partial charge in [0.15, 0.2) is 0 Å². The van der Waals surface area contributed by atoms with Crippen LogP contribution in [0.15, 0.2) is 54.6 Å². The summed E-state index contributed by atoms with van der Waals surface area (Å²) in [6, 6.07) is 17.3. The van der Waals surface area contributed by atoms with Crippen molar-refractivity contribution in [3.63, 3.8) is 0 Å². The number of esters is 1. The van der Waals surface area contributed by atoms with Crippen molar-refractivity contribution in [3.8, 4) is 0 Å². The normalized spacial score (nSPS) is 12.0. The highest BCUT2D eigenvalue weighted by atomic mass is 16.5. The topological polar surface area (TPSA) is 85.2 Å². The van der Waals surface area contributed by atoms with E-state index in [0.29, 0.717) is 5.69 Å². The zero-order chi connectivity index (χ0) is 17.1. The lowest BCUT2D eigenvalue weighted by molar-refractivity contribution is -0.140. The predicted octanol–water partition coefficient (Wildman–Crippen LogP) is 2.96. The molecule has 122 valence electrons. The Morgan fingerprint density at radius 1 is 1.08 bits per heavy atom. The number of H-pyrrole nitrogens is 1. The highest BCUT2D eigenvalue weighted by molar-refractivity contribution is 5.97. The number of benzene rings is 2. The number of nitrogens with two attached hydrogens (primary N) is 1. The first-order valence-corrected chi connectivity index (χ1v) is 7.62. The highest BCUT2D eigenvalue weighted by Crippen LogP contribution is 2.30. The number of aromatic amines is 1. The van der Waals surface area contributed by atoms with Crippen LogP contribution in [0.4, 0.5) is 0 Å². The van der Waals surface area contributed by atoms with E-state index in [1.54, 1.807) is 6.07 Å². The average molecular weight is 322 g/mol. The predicted molar refractivity (Wildman–Crippen MR) is 91.7 cm³/mol. The smallest absolute Gasteiger partial charge is 0.306 e. The molecule has 1 amide bonds. The van der Waals surface area contributed by atoms with Crippen LogP contribution in [0.5, 0.6) is 0 Å². The second-order valence-corrected chi connectivity index (χ2v) is 5.64. The lowest BCUT2D eigenvalue weighted by Crippen LogP contribution is -2.10. The highest BCUT2D eigenvalue weighted by Gasteiger charge is 2.19. The van der Waals surface area contributed by atoms with Gasteiger partial charge in [-0.3, -0.25) is 9.59 Å². The van der Waals surface area contributed by atoms with E-state index in [9.17, 15) is 9.59 Å². The molecule has 1 heterocycles. The van der Waals surface area contributed by atoms with Crippen LogP contribution >= 0.6 is 0 Å². The molecule has 0 spiro atoms. The number of methoxy groups -OCH3 is 1. The largest absolute Gasteiger partial charge is 0.469 e. The molecular formula is C19H18N2O3. The molecule has 0 radical (unpaired) electrons. The minimum Gasteiger partial charge on any atom is -0.469 e. The fourth-order valence-corrected chi connectivity index (χ4v) is 2.86. The van der Waals surface area contributed by atoms with Crippen molar-refractivity contribution < 1.29 is 14.3 Å². The number of nitrogens with one attached hydrogen (secondary N) is 1. The van der Waals surface area contributed by atoms with Gasteiger partial charge in [-0.1, -0.05) is 36.4 Å². The first-order valence-electron chi connectivity index (χ1n) is 7.62. The van der Waals surface area contributed by atoms with Gasteiger partial charge in [-0.15, -0.1) is 0 Å². The Balaban J connectivity index is 2.04. The van der Waals surface area contributed by atoms with Crippen molar-refractivity contribution in [3.05, 3.63) is 71.4 Å². The molecule has 5 nitrogen and oxygen atoms in total. The maximum Gasteiger partial charge on any atom is 0.306 e. The van der Waals surface area contributed by atoms with Gasteiger partial charge >= 0.3 is 5.97 Å². The van der Waals surface area contributed by atoms with Gasteiger partial charge in [0.2, 0.25) is 0 Å². The number of ether oxygens (including phenoxy) is 1. The van der Waals surface area contributed by atoms with Crippen LogP contribution in [-0.2, 0) is 9.53 Å². The Hall–Kier alpha value is -3.08. The Morgan fingerprint density at radius 3 is 2.50 bits per heavy atom. The van der Waals surface area contributed by atoms with E-state index in [1.807, 2.05) is 48.5 Å². The summed E-state index contributed by atoms with van der Waals surface area (Å²) in [7, 11) is 1.39. The van der Waals surface area contributed by atoms with Gasteiger partial charge in [0.05, 0.1) is 13.5 Å². The van der Waals surface area contributed by atoms with E-state index in [1.165, 1.54) is 7.11 Å². The van der Waals surface area contributed by atoms with E-state index in [0.717, 1.165) is 22.0 Å². The Morgan fingerprint density at radius 2 is 1.83 bits per heavy atom. The third kappa shape index (κ3) is 3.15. The molecule has 0 saturated heterocycles. The van der Waals surface area contributed by atoms with Crippen molar-refractivity contribution in [2.24, 2.45) is 5.73 Å². The molecule has 2 aromatic carbocycles. The Kier molecular flexibility index (Phi) is 4.33. The Labute approximate surface area is 139 Å². The fourth-order valence-electron chi connectivity index (χ4n) is 2.86. The summed E-state index contributed by atoms with van der Waals surface area (Å²) in [5, 5.41) is 0.882. The molecule has 0 bridgehead atoms. The van der Waals surface area contributed by atoms with E-state index in [4.69, 9.17) is 10.5 Å². The lowest BCUT2D eigenvalue weighted by atomic mass is 9.88. The Bertz CT molecular complexity index is 884. The molecular weight excluding hydrogens is 304 g/mol. The molecule has 0 fully saturated rings. The molecule has 3 rings (SSSR count). The standard InChI is InChI=1S/C19H18N2O3/c1-24-18(22)11-15(12-5-3-2-4-6-12)13-7-8-16-14(9-13)10-17(21-16)19(20)23/h2-10,15,21H,11H2,1H3,(H2,20,23). The maximum atomic E-state index is 11.8. The second kappa shape index (κ2) is 6.58. The summed E-state index contributed by atoms with van der Waals surface area (Å²) in [6.45, 7) is 0. The molecule has 24 heavy (non-hydrogen) atoms. The minimum atomic E-state index is -0.498. The van der Waals surface area contributed by atoms with Crippen LogP contribution in [0.1, 0.15) is 34.0 Å². The number of rotatable bonds is 5. The summed E-state index contributed by atoms with van der Waals surface area (Å²) in [4.78, 5) is 26.1. The molecule has 1 aromatic heterocycles.